The summed E-state index contributed by atoms with van der Waals surface area (Å²) in [6, 6.07) is 23.7. The number of hydrogen-bond donors (Lipinski definition) is 2. The molecule has 4 rings (SSSR count). The van der Waals surface area contributed by atoms with Crippen molar-refractivity contribution in [1.82, 2.24) is 5.48 Å². The van der Waals surface area contributed by atoms with Gasteiger partial charge in [0.15, 0.2) is 0 Å². The van der Waals surface area contributed by atoms with Gasteiger partial charge in [0.1, 0.15) is 5.75 Å². The van der Waals surface area contributed by atoms with Gasteiger partial charge >= 0.3 is 5.97 Å². The first-order chi connectivity index (χ1) is 17.8. The number of carbonyl (C=O) groups is 1. The largest absolute Gasteiger partial charge is 0.497 e. The Morgan fingerprint density at radius 2 is 1.70 bits per heavy atom. The quantitative estimate of drug-likeness (QED) is 0.251. The predicted molar refractivity (Wildman–Crippen MR) is 146 cm³/mol. The molecule has 0 saturated carbocycles. The van der Waals surface area contributed by atoms with E-state index in [4.69, 9.17) is 9.57 Å². The standard InChI is InChI=1S/C29H30N2O5S/c1-4-7-28(32)36-30-19-21-10-16-25(20(2)18-21)29-26-9-6-5-8-22(26)11-17-27(29)31-37(33,34)24-14-12-23(35-3)13-15-24/h5-6,8-18,30-31H,4,7,19H2,1-3H3. The molecule has 0 aromatic heterocycles. The minimum absolute atomic E-state index is 0.142. The second kappa shape index (κ2) is 11.5. The molecule has 7 nitrogen and oxygen atoms in total. The maximum absolute atomic E-state index is 13.3. The number of benzene rings is 4. The van der Waals surface area contributed by atoms with Gasteiger partial charge in [-0.1, -0.05) is 55.5 Å². The van der Waals surface area contributed by atoms with E-state index in [2.05, 4.69) is 10.2 Å². The molecule has 0 saturated heterocycles. The Bertz CT molecular complexity index is 1520. The van der Waals surface area contributed by atoms with E-state index in [0.717, 1.165) is 39.4 Å². The highest BCUT2D eigenvalue weighted by molar-refractivity contribution is 7.92. The molecule has 0 aliphatic carbocycles. The number of anilines is 1. The maximum Gasteiger partial charge on any atom is 0.324 e. The number of carbonyl (C=O) groups excluding carboxylic acids is 1. The van der Waals surface area contributed by atoms with Crippen molar-refractivity contribution in [3.05, 3.63) is 90.0 Å². The fraction of sp³-hybridized carbons (Fsp3) is 0.207. The van der Waals surface area contributed by atoms with Gasteiger partial charge < -0.3 is 9.57 Å². The average Bonchev–Trinajstić information content (AvgIpc) is 2.89. The average molecular weight is 519 g/mol. The van der Waals surface area contributed by atoms with Crippen molar-refractivity contribution >= 4 is 32.5 Å². The van der Waals surface area contributed by atoms with Crippen molar-refractivity contribution in [3.63, 3.8) is 0 Å². The van der Waals surface area contributed by atoms with Gasteiger partial charge in [0, 0.05) is 12.0 Å². The summed E-state index contributed by atoms with van der Waals surface area (Å²) in [7, 11) is -2.31. The van der Waals surface area contributed by atoms with Gasteiger partial charge in [-0.15, -0.1) is 5.48 Å². The van der Waals surface area contributed by atoms with Crippen molar-refractivity contribution in [3.8, 4) is 16.9 Å². The Morgan fingerprint density at radius 3 is 2.41 bits per heavy atom. The summed E-state index contributed by atoms with van der Waals surface area (Å²) in [5.74, 6) is 0.288. The van der Waals surface area contributed by atoms with Crippen molar-refractivity contribution < 1.29 is 22.8 Å². The van der Waals surface area contributed by atoms with E-state index < -0.39 is 10.0 Å². The van der Waals surface area contributed by atoms with E-state index in [1.54, 1.807) is 18.2 Å². The van der Waals surface area contributed by atoms with E-state index >= 15 is 0 Å². The number of ether oxygens (including phenoxy) is 1. The zero-order valence-corrected chi connectivity index (χ0v) is 21.9. The molecule has 8 heteroatoms. The molecule has 0 heterocycles. The third-order valence-corrected chi connectivity index (χ3v) is 7.40. The number of hydrogen-bond acceptors (Lipinski definition) is 6. The summed E-state index contributed by atoms with van der Waals surface area (Å²) in [6.45, 7) is 4.26. The first-order valence-electron chi connectivity index (χ1n) is 12.0. The second-order valence-electron chi connectivity index (χ2n) is 8.68. The van der Waals surface area contributed by atoms with Crippen molar-refractivity contribution in [1.29, 1.82) is 0 Å². The summed E-state index contributed by atoms with van der Waals surface area (Å²) in [6.07, 6.45) is 1.09. The van der Waals surface area contributed by atoms with Gasteiger partial charge in [-0.2, -0.15) is 0 Å². The molecular formula is C29H30N2O5S. The molecule has 0 spiro atoms. The third-order valence-electron chi connectivity index (χ3n) is 6.02. The molecule has 4 aromatic carbocycles. The SMILES string of the molecule is CCCC(=O)ONCc1ccc(-c2c(NS(=O)(=O)c3ccc(OC)cc3)ccc3ccccc23)c(C)c1. The fourth-order valence-corrected chi connectivity index (χ4v) is 5.25. The van der Waals surface area contributed by atoms with Crippen LogP contribution in [0.25, 0.3) is 21.9 Å². The van der Waals surface area contributed by atoms with Crippen molar-refractivity contribution in [2.75, 3.05) is 11.8 Å². The van der Waals surface area contributed by atoms with Crippen LogP contribution in [0.4, 0.5) is 5.69 Å². The molecule has 4 aromatic rings. The van der Waals surface area contributed by atoms with Crippen LogP contribution in [0, 0.1) is 6.92 Å². The number of sulfonamides is 1. The Morgan fingerprint density at radius 1 is 0.946 bits per heavy atom. The Hall–Kier alpha value is -3.88. The van der Waals surface area contributed by atoms with E-state index in [0.29, 0.717) is 24.4 Å². The van der Waals surface area contributed by atoms with Gasteiger partial charge in [-0.3, -0.25) is 9.52 Å². The minimum atomic E-state index is -3.85. The summed E-state index contributed by atoms with van der Waals surface area (Å²) >= 11 is 0. The molecule has 0 amide bonds. The molecule has 0 unspecified atom stereocenters. The van der Waals surface area contributed by atoms with Crippen LogP contribution in [-0.2, 0) is 26.2 Å². The monoisotopic (exact) mass is 518 g/mol. The van der Waals surface area contributed by atoms with Gasteiger partial charge in [-0.25, -0.2) is 8.42 Å². The maximum atomic E-state index is 13.3. The molecule has 0 fully saturated rings. The van der Waals surface area contributed by atoms with Gasteiger partial charge in [0.25, 0.3) is 10.0 Å². The number of aryl methyl sites for hydroxylation is 1. The van der Waals surface area contributed by atoms with E-state index in [-0.39, 0.29) is 10.9 Å². The normalized spacial score (nSPS) is 11.3. The number of fused-ring (bicyclic) bond motifs is 1. The first-order valence-corrected chi connectivity index (χ1v) is 13.5. The van der Waals surface area contributed by atoms with Gasteiger partial charge in [0.05, 0.1) is 24.2 Å². The molecule has 0 bridgehead atoms. The molecule has 0 aliphatic heterocycles. The lowest BCUT2D eigenvalue weighted by atomic mass is 9.92. The summed E-state index contributed by atoms with van der Waals surface area (Å²) in [5.41, 5.74) is 6.79. The molecule has 37 heavy (non-hydrogen) atoms. The molecule has 0 aliphatic rings. The highest BCUT2D eigenvalue weighted by atomic mass is 32.2. The lowest BCUT2D eigenvalue weighted by Gasteiger charge is -2.18. The number of rotatable bonds is 10. The lowest BCUT2D eigenvalue weighted by molar-refractivity contribution is -0.151. The highest BCUT2D eigenvalue weighted by Gasteiger charge is 2.19. The summed E-state index contributed by atoms with van der Waals surface area (Å²) in [4.78, 5) is 16.8. The molecule has 0 radical (unpaired) electrons. The molecular weight excluding hydrogens is 488 g/mol. The number of methoxy groups -OCH3 is 1. The van der Waals surface area contributed by atoms with E-state index in [1.165, 1.54) is 19.2 Å². The third kappa shape index (κ3) is 6.10. The smallest absolute Gasteiger partial charge is 0.324 e. The fourth-order valence-electron chi connectivity index (χ4n) is 4.18. The zero-order valence-electron chi connectivity index (χ0n) is 21.1. The van der Waals surface area contributed by atoms with Crippen molar-refractivity contribution in [2.24, 2.45) is 0 Å². The number of nitrogens with one attached hydrogen (secondary N) is 2. The van der Waals surface area contributed by atoms with E-state index in [9.17, 15) is 13.2 Å². The van der Waals surface area contributed by atoms with Crippen LogP contribution in [0.3, 0.4) is 0 Å². The first kappa shape index (κ1) is 26.2. The van der Waals surface area contributed by atoms with Crippen LogP contribution < -0.4 is 14.9 Å². The van der Waals surface area contributed by atoms with Crippen LogP contribution in [0.2, 0.25) is 0 Å². The predicted octanol–water partition coefficient (Wildman–Crippen LogP) is 5.97. The second-order valence-corrected chi connectivity index (χ2v) is 10.4. The topological polar surface area (TPSA) is 93.7 Å². The highest BCUT2D eigenvalue weighted by Crippen LogP contribution is 2.38. The van der Waals surface area contributed by atoms with Crippen LogP contribution in [0.1, 0.15) is 30.9 Å². The minimum Gasteiger partial charge on any atom is -0.497 e. The van der Waals surface area contributed by atoms with Crippen LogP contribution in [-0.4, -0.2) is 21.5 Å². The zero-order chi connectivity index (χ0) is 26.4. The van der Waals surface area contributed by atoms with Crippen LogP contribution in [0.15, 0.2) is 83.8 Å². The Balaban J connectivity index is 1.70. The number of hydroxylamine groups is 1. The summed E-state index contributed by atoms with van der Waals surface area (Å²) < 4.78 is 34.5. The summed E-state index contributed by atoms with van der Waals surface area (Å²) in [5, 5.41) is 1.93. The van der Waals surface area contributed by atoms with Crippen LogP contribution in [0.5, 0.6) is 5.75 Å². The Labute approximate surface area is 217 Å². The van der Waals surface area contributed by atoms with Crippen molar-refractivity contribution in [2.45, 2.75) is 38.1 Å². The van der Waals surface area contributed by atoms with E-state index in [1.807, 2.05) is 62.4 Å². The van der Waals surface area contributed by atoms with Gasteiger partial charge in [-0.05, 0) is 71.1 Å². The van der Waals surface area contributed by atoms with Crippen LogP contribution >= 0.6 is 0 Å². The molecule has 0 atom stereocenters. The van der Waals surface area contributed by atoms with Gasteiger partial charge in [0.2, 0.25) is 0 Å². The molecule has 2 N–H and O–H groups in total. The Kier molecular flexibility index (Phi) is 8.11. The lowest BCUT2D eigenvalue weighted by Crippen LogP contribution is -2.19. The molecule has 192 valence electrons.